The quantitative estimate of drug-likeness (QED) is 0.802. The molecule has 1 heterocycles. The van der Waals surface area contributed by atoms with Crippen LogP contribution in [-0.2, 0) is 0 Å². The number of anilines is 1. The molecule has 2 aromatic carbocycles. The van der Waals surface area contributed by atoms with Gasteiger partial charge in [-0.05, 0) is 67.1 Å². The van der Waals surface area contributed by atoms with Crippen LogP contribution in [0.5, 0.6) is 0 Å². The van der Waals surface area contributed by atoms with Crippen LogP contribution in [0, 0.1) is 11.3 Å². The summed E-state index contributed by atoms with van der Waals surface area (Å²) in [6.45, 7) is 6.78. The lowest BCUT2D eigenvalue weighted by Gasteiger charge is -2.37. The first-order chi connectivity index (χ1) is 9.98. The molecule has 0 aliphatic carbocycles. The van der Waals surface area contributed by atoms with Gasteiger partial charge in [0.2, 0.25) is 0 Å². The Morgan fingerprint density at radius 1 is 1.14 bits per heavy atom. The fourth-order valence-corrected chi connectivity index (χ4v) is 3.32. The van der Waals surface area contributed by atoms with E-state index in [9.17, 15) is 0 Å². The second kappa shape index (κ2) is 4.93. The maximum atomic E-state index is 9.04. The van der Waals surface area contributed by atoms with Crippen molar-refractivity contribution < 1.29 is 0 Å². The van der Waals surface area contributed by atoms with Gasteiger partial charge in [0.25, 0.3) is 0 Å². The van der Waals surface area contributed by atoms with E-state index in [0.29, 0.717) is 11.5 Å². The van der Waals surface area contributed by atoms with E-state index < -0.39 is 0 Å². The molecule has 0 bridgehead atoms. The van der Waals surface area contributed by atoms with E-state index in [1.54, 1.807) is 0 Å². The molecule has 0 radical (unpaired) electrons. The van der Waals surface area contributed by atoms with Crippen LogP contribution >= 0.6 is 0 Å². The van der Waals surface area contributed by atoms with Gasteiger partial charge in [-0.1, -0.05) is 25.1 Å². The predicted molar refractivity (Wildman–Crippen MR) is 87.3 cm³/mol. The minimum Gasteiger partial charge on any atom is -0.380 e. The Labute approximate surface area is 126 Å². The molecule has 0 saturated carbocycles. The van der Waals surface area contributed by atoms with Gasteiger partial charge < -0.3 is 5.32 Å². The number of hydrogen-bond donors (Lipinski definition) is 1. The lowest BCUT2D eigenvalue weighted by atomic mass is 9.81. The summed E-state index contributed by atoms with van der Waals surface area (Å²) in [4.78, 5) is 0. The van der Waals surface area contributed by atoms with Crippen LogP contribution < -0.4 is 5.32 Å². The zero-order chi connectivity index (χ0) is 15.0. The molecule has 2 aromatic rings. The van der Waals surface area contributed by atoms with E-state index >= 15 is 0 Å². The standard InChI is InChI=1S/C19H20N2/c1-13-11-19(2,3)21-18-8-7-16(10-17(13)18)15-6-4-5-14(9-15)12-20/h4-10,13,21H,11H2,1-3H3. The van der Waals surface area contributed by atoms with E-state index in [-0.39, 0.29) is 5.54 Å². The summed E-state index contributed by atoms with van der Waals surface area (Å²) in [5, 5.41) is 12.7. The van der Waals surface area contributed by atoms with Gasteiger partial charge in [-0.2, -0.15) is 5.26 Å². The molecule has 21 heavy (non-hydrogen) atoms. The highest BCUT2D eigenvalue weighted by molar-refractivity contribution is 5.71. The lowest BCUT2D eigenvalue weighted by molar-refractivity contribution is 0.454. The van der Waals surface area contributed by atoms with Crippen LogP contribution in [0.4, 0.5) is 5.69 Å². The molecular weight excluding hydrogens is 256 g/mol. The van der Waals surface area contributed by atoms with Crippen molar-refractivity contribution >= 4 is 5.69 Å². The van der Waals surface area contributed by atoms with Crippen molar-refractivity contribution in [1.29, 1.82) is 5.26 Å². The largest absolute Gasteiger partial charge is 0.380 e. The summed E-state index contributed by atoms with van der Waals surface area (Å²) < 4.78 is 0. The highest BCUT2D eigenvalue weighted by atomic mass is 15.0. The summed E-state index contributed by atoms with van der Waals surface area (Å²) in [5.41, 5.74) is 5.74. The van der Waals surface area contributed by atoms with Crippen molar-refractivity contribution in [3.63, 3.8) is 0 Å². The van der Waals surface area contributed by atoms with Crippen molar-refractivity contribution in [2.24, 2.45) is 0 Å². The third-order valence-corrected chi connectivity index (χ3v) is 4.20. The minimum absolute atomic E-state index is 0.147. The summed E-state index contributed by atoms with van der Waals surface area (Å²) in [7, 11) is 0. The van der Waals surface area contributed by atoms with Gasteiger partial charge in [0.15, 0.2) is 0 Å². The zero-order valence-electron chi connectivity index (χ0n) is 12.8. The highest BCUT2D eigenvalue weighted by Crippen LogP contribution is 2.40. The molecule has 2 heteroatoms. The first-order valence-electron chi connectivity index (χ1n) is 7.41. The van der Waals surface area contributed by atoms with Gasteiger partial charge in [0.1, 0.15) is 0 Å². The third kappa shape index (κ3) is 2.64. The van der Waals surface area contributed by atoms with Crippen LogP contribution in [0.25, 0.3) is 11.1 Å². The molecule has 3 rings (SSSR count). The molecule has 1 aliphatic rings. The summed E-state index contributed by atoms with van der Waals surface area (Å²) >= 11 is 0. The van der Waals surface area contributed by atoms with Crippen LogP contribution in [-0.4, -0.2) is 5.54 Å². The number of fused-ring (bicyclic) bond motifs is 1. The second-order valence-electron chi connectivity index (χ2n) is 6.61. The zero-order valence-corrected chi connectivity index (χ0v) is 12.8. The van der Waals surface area contributed by atoms with Crippen molar-refractivity contribution in [3.8, 4) is 17.2 Å². The first-order valence-corrected chi connectivity index (χ1v) is 7.41. The molecule has 1 aliphatic heterocycles. The maximum absolute atomic E-state index is 9.04. The average molecular weight is 276 g/mol. The molecule has 1 N–H and O–H groups in total. The van der Waals surface area contributed by atoms with Crippen molar-refractivity contribution in [2.45, 2.75) is 38.6 Å². The smallest absolute Gasteiger partial charge is 0.0991 e. The van der Waals surface area contributed by atoms with E-state index in [2.05, 4.69) is 56.4 Å². The molecule has 0 amide bonds. The van der Waals surface area contributed by atoms with E-state index in [1.165, 1.54) is 16.8 Å². The van der Waals surface area contributed by atoms with E-state index in [4.69, 9.17) is 5.26 Å². The van der Waals surface area contributed by atoms with Crippen LogP contribution in [0.2, 0.25) is 0 Å². The fraction of sp³-hybridized carbons (Fsp3) is 0.316. The third-order valence-electron chi connectivity index (χ3n) is 4.20. The Morgan fingerprint density at radius 3 is 2.67 bits per heavy atom. The molecule has 1 atom stereocenters. The minimum atomic E-state index is 0.147. The molecule has 0 saturated heterocycles. The summed E-state index contributed by atoms with van der Waals surface area (Å²) in [6, 6.07) is 16.6. The molecule has 106 valence electrons. The Hall–Kier alpha value is -2.27. The van der Waals surface area contributed by atoms with E-state index in [1.807, 2.05) is 18.2 Å². The number of nitrogens with one attached hydrogen (secondary N) is 1. The van der Waals surface area contributed by atoms with Crippen molar-refractivity contribution in [1.82, 2.24) is 0 Å². The molecule has 2 nitrogen and oxygen atoms in total. The normalized spacial score (nSPS) is 19.2. The summed E-state index contributed by atoms with van der Waals surface area (Å²) in [5.74, 6) is 0.537. The van der Waals surface area contributed by atoms with Gasteiger partial charge in [-0.15, -0.1) is 0 Å². The number of nitrogens with zero attached hydrogens (tertiary/aromatic N) is 1. The number of nitriles is 1. The Morgan fingerprint density at radius 2 is 1.90 bits per heavy atom. The van der Waals surface area contributed by atoms with Gasteiger partial charge in [-0.3, -0.25) is 0 Å². The van der Waals surface area contributed by atoms with Crippen LogP contribution in [0.15, 0.2) is 42.5 Å². The van der Waals surface area contributed by atoms with Gasteiger partial charge in [0.05, 0.1) is 11.6 Å². The SMILES string of the molecule is CC1CC(C)(C)Nc2ccc(-c3cccc(C#N)c3)cc21. The maximum Gasteiger partial charge on any atom is 0.0991 e. The Bertz CT molecular complexity index is 723. The average Bonchev–Trinajstić information content (AvgIpc) is 2.46. The van der Waals surface area contributed by atoms with Crippen LogP contribution in [0.3, 0.4) is 0 Å². The monoisotopic (exact) mass is 276 g/mol. The van der Waals surface area contributed by atoms with E-state index in [0.717, 1.165) is 12.0 Å². The van der Waals surface area contributed by atoms with Gasteiger partial charge >= 0.3 is 0 Å². The molecular formula is C19H20N2. The second-order valence-corrected chi connectivity index (χ2v) is 6.61. The highest BCUT2D eigenvalue weighted by Gasteiger charge is 2.29. The van der Waals surface area contributed by atoms with Gasteiger partial charge in [0, 0.05) is 11.2 Å². The fourth-order valence-electron chi connectivity index (χ4n) is 3.32. The molecule has 1 unspecified atom stereocenters. The molecule has 0 aromatic heterocycles. The molecule has 0 spiro atoms. The van der Waals surface area contributed by atoms with Crippen molar-refractivity contribution in [3.05, 3.63) is 53.6 Å². The first kappa shape index (κ1) is 13.7. The van der Waals surface area contributed by atoms with Gasteiger partial charge in [-0.25, -0.2) is 0 Å². The van der Waals surface area contributed by atoms with Crippen molar-refractivity contribution in [2.75, 3.05) is 5.32 Å². The predicted octanol–water partition coefficient (Wildman–Crippen LogP) is 4.92. The number of rotatable bonds is 1. The lowest BCUT2D eigenvalue weighted by Crippen LogP contribution is -2.36. The number of hydrogen-bond acceptors (Lipinski definition) is 2. The summed E-state index contributed by atoms with van der Waals surface area (Å²) in [6.07, 6.45) is 1.13. The van der Waals surface area contributed by atoms with Crippen LogP contribution in [0.1, 0.15) is 44.2 Å². The Balaban J connectivity index is 2.04. The molecule has 0 fully saturated rings. The number of benzene rings is 2. The topological polar surface area (TPSA) is 35.8 Å². The Kier molecular flexibility index (Phi) is 3.22.